The van der Waals surface area contributed by atoms with Crippen LogP contribution < -0.4 is 0 Å². The minimum atomic E-state index is 0.504. The Morgan fingerprint density at radius 2 is 1.26 bits per heavy atom. The van der Waals surface area contributed by atoms with Gasteiger partial charge in [0.15, 0.2) is 0 Å². The second-order valence-corrected chi connectivity index (χ2v) is 6.38. The van der Waals surface area contributed by atoms with Crippen molar-refractivity contribution in [3.05, 3.63) is 67.7 Å². The summed E-state index contributed by atoms with van der Waals surface area (Å²) in [6, 6.07) is 8.29. The van der Waals surface area contributed by atoms with Gasteiger partial charge in [-0.25, -0.2) is 0 Å². The summed E-state index contributed by atoms with van der Waals surface area (Å²) in [5, 5.41) is 1.67. The van der Waals surface area contributed by atoms with Gasteiger partial charge in [0.1, 0.15) is 0 Å². The zero-order valence-electron chi connectivity index (χ0n) is 11.3. The molecule has 2 aromatic rings. The fourth-order valence-electron chi connectivity index (χ4n) is 3.40. The second-order valence-electron chi connectivity index (χ2n) is 5.51. The normalized spacial score (nSPS) is 17.0. The van der Waals surface area contributed by atoms with Crippen LogP contribution >= 0.6 is 23.2 Å². The number of hydrogen-bond donors (Lipinski definition) is 0. The number of rotatable bonds is 1. The molecular weight excluding hydrogens is 275 g/mol. The van der Waals surface area contributed by atoms with Gasteiger partial charge in [-0.05, 0) is 84.8 Å². The average molecular weight is 291 g/mol. The van der Waals surface area contributed by atoms with E-state index in [1.54, 1.807) is 0 Å². The van der Waals surface area contributed by atoms with E-state index in [1.807, 2.05) is 0 Å². The molecule has 1 aliphatic carbocycles. The van der Waals surface area contributed by atoms with Gasteiger partial charge in [0.05, 0.1) is 0 Å². The van der Waals surface area contributed by atoms with Crippen LogP contribution in [-0.4, -0.2) is 0 Å². The van der Waals surface area contributed by atoms with Crippen LogP contribution in [0.2, 0.25) is 10.0 Å². The molecule has 0 saturated carbocycles. The highest BCUT2D eigenvalue weighted by atomic mass is 35.5. The Bertz CT molecular complexity index is 631. The van der Waals surface area contributed by atoms with Gasteiger partial charge in [0, 0.05) is 16.0 Å². The van der Waals surface area contributed by atoms with Crippen LogP contribution in [0.15, 0.2) is 24.3 Å². The predicted octanol–water partition coefficient (Wildman–Crippen LogP) is 5.61. The molecule has 0 radical (unpaired) electrons. The lowest BCUT2D eigenvalue weighted by Gasteiger charge is -2.35. The summed E-state index contributed by atoms with van der Waals surface area (Å²) in [6.45, 7) is 6.45. The molecule has 0 amide bonds. The second kappa shape index (κ2) is 4.54. The molecule has 0 bridgehead atoms. The molecule has 0 aromatic heterocycles. The van der Waals surface area contributed by atoms with Gasteiger partial charge in [0.2, 0.25) is 0 Å². The zero-order valence-corrected chi connectivity index (χ0v) is 12.9. The fraction of sp³-hybridized carbons (Fsp3) is 0.294. The highest BCUT2D eigenvalue weighted by Crippen LogP contribution is 2.45. The monoisotopic (exact) mass is 290 g/mol. The molecule has 2 heteroatoms. The Morgan fingerprint density at radius 3 is 1.79 bits per heavy atom. The lowest BCUT2D eigenvalue weighted by Crippen LogP contribution is -2.21. The molecule has 1 unspecified atom stereocenters. The Kier molecular flexibility index (Phi) is 3.11. The molecular formula is C17H16Cl2. The van der Waals surface area contributed by atoms with Crippen LogP contribution in [0.1, 0.15) is 39.3 Å². The molecule has 3 rings (SSSR count). The number of fused-ring (bicyclic) bond motifs is 1. The molecule has 2 aromatic carbocycles. The van der Waals surface area contributed by atoms with Crippen molar-refractivity contribution in [3.8, 4) is 0 Å². The Hall–Kier alpha value is -0.980. The third-order valence-corrected chi connectivity index (χ3v) is 4.55. The van der Waals surface area contributed by atoms with E-state index in [-0.39, 0.29) is 0 Å². The molecule has 0 heterocycles. The van der Waals surface area contributed by atoms with Crippen LogP contribution in [0, 0.1) is 20.8 Å². The number of hydrogen-bond acceptors (Lipinski definition) is 0. The van der Waals surface area contributed by atoms with Gasteiger partial charge >= 0.3 is 0 Å². The topological polar surface area (TPSA) is 0 Å². The van der Waals surface area contributed by atoms with Crippen LogP contribution in [0.25, 0.3) is 0 Å². The number of aryl methyl sites for hydroxylation is 3. The SMILES string of the molecule is Cc1cc(Cl)cc(C)c1C1Cc2cc(Cl)cc(C)c21. The molecule has 0 N–H and O–H groups in total. The molecule has 0 spiro atoms. The maximum atomic E-state index is 6.12. The first-order valence-electron chi connectivity index (χ1n) is 6.53. The van der Waals surface area contributed by atoms with E-state index in [4.69, 9.17) is 23.2 Å². The van der Waals surface area contributed by atoms with Crippen molar-refractivity contribution in [2.45, 2.75) is 33.1 Å². The summed E-state index contributed by atoms with van der Waals surface area (Å²) < 4.78 is 0. The van der Waals surface area contributed by atoms with Gasteiger partial charge in [-0.2, -0.15) is 0 Å². The quantitative estimate of drug-likeness (QED) is 0.641. The minimum Gasteiger partial charge on any atom is -0.0843 e. The number of benzene rings is 2. The molecule has 1 atom stereocenters. The summed E-state index contributed by atoms with van der Waals surface area (Å²) in [5.41, 5.74) is 8.15. The van der Waals surface area contributed by atoms with E-state index >= 15 is 0 Å². The smallest absolute Gasteiger partial charge is 0.0411 e. The van der Waals surface area contributed by atoms with Gasteiger partial charge in [-0.15, -0.1) is 0 Å². The fourth-order valence-corrected chi connectivity index (χ4v) is 4.02. The summed E-state index contributed by atoms with van der Waals surface area (Å²) in [6.07, 6.45) is 1.08. The third-order valence-electron chi connectivity index (χ3n) is 4.12. The van der Waals surface area contributed by atoms with Crippen molar-refractivity contribution in [2.24, 2.45) is 0 Å². The largest absolute Gasteiger partial charge is 0.0843 e. The Labute approximate surface area is 124 Å². The van der Waals surface area contributed by atoms with E-state index in [9.17, 15) is 0 Å². The predicted molar refractivity (Wildman–Crippen MR) is 82.7 cm³/mol. The van der Waals surface area contributed by atoms with Crippen molar-refractivity contribution in [3.63, 3.8) is 0 Å². The summed E-state index contributed by atoms with van der Waals surface area (Å²) in [4.78, 5) is 0. The summed E-state index contributed by atoms with van der Waals surface area (Å²) in [7, 11) is 0. The van der Waals surface area contributed by atoms with Crippen molar-refractivity contribution in [1.29, 1.82) is 0 Å². The van der Waals surface area contributed by atoms with Crippen molar-refractivity contribution in [1.82, 2.24) is 0 Å². The standard InChI is InChI=1S/C17H16Cl2/c1-9-4-13(18)5-10(2)16(9)15-8-12-7-14(19)6-11(3)17(12)15/h4-7,15H,8H2,1-3H3. The minimum absolute atomic E-state index is 0.504. The van der Waals surface area contributed by atoms with Crippen molar-refractivity contribution in [2.75, 3.05) is 0 Å². The highest BCUT2D eigenvalue weighted by molar-refractivity contribution is 6.31. The van der Waals surface area contributed by atoms with Crippen LogP contribution in [0.4, 0.5) is 0 Å². The molecule has 0 saturated heterocycles. The lowest BCUT2D eigenvalue weighted by molar-refractivity contribution is 0.691. The maximum absolute atomic E-state index is 6.12. The van der Waals surface area contributed by atoms with Crippen molar-refractivity contribution >= 4 is 23.2 Å². The summed E-state index contributed by atoms with van der Waals surface area (Å²) in [5.74, 6) is 0.504. The summed E-state index contributed by atoms with van der Waals surface area (Å²) >= 11 is 12.2. The van der Waals surface area contributed by atoms with Gasteiger partial charge < -0.3 is 0 Å². The molecule has 19 heavy (non-hydrogen) atoms. The molecule has 0 aliphatic heterocycles. The zero-order chi connectivity index (χ0) is 13.7. The van der Waals surface area contributed by atoms with E-state index in [0.29, 0.717) is 5.92 Å². The van der Waals surface area contributed by atoms with Crippen LogP contribution in [-0.2, 0) is 6.42 Å². The van der Waals surface area contributed by atoms with E-state index < -0.39 is 0 Å². The van der Waals surface area contributed by atoms with Gasteiger partial charge in [0.25, 0.3) is 0 Å². The Morgan fingerprint density at radius 1 is 0.789 bits per heavy atom. The lowest BCUT2D eigenvalue weighted by atomic mass is 9.69. The highest BCUT2D eigenvalue weighted by Gasteiger charge is 2.31. The maximum Gasteiger partial charge on any atom is 0.0411 e. The average Bonchev–Trinajstić information content (AvgIpc) is 2.23. The van der Waals surface area contributed by atoms with Crippen LogP contribution in [0.5, 0.6) is 0 Å². The van der Waals surface area contributed by atoms with Gasteiger partial charge in [-0.3, -0.25) is 0 Å². The third kappa shape index (κ3) is 2.07. The first-order valence-corrected chi connectivity index (χ1v) is 7.28. The van der Waals surface area contributed by atoms with E-state index in [1.165, 1.54) is 33.4 Å². The van der Waals surface area contributed by atoms with Gasteiger partial charge in [-0.1, -0.05) is 23.2 Å². The van der Waals surface area contributed by atoms with E-state index in [2.05, 4.69) is 45.0 Å². The van der Waals surface area contributed by atoms with E-state index in [0.717, 1.165) is 16.5 Å². The van der Waals surface area contributed by atoms with Crippen molar-refractivity contribution < 1.29 is 0 Å². The van der Waals surface area contributed by atoms with Crippen LogP contribution in [0.3, 0.4) is 0 Å². The molecule has 98 valence electrons. The molecule has 1 aliphatic rings. The Balaban J connectivity index is 2.12. The first kappa shape index (κ1) is 13.0. The first-order chi connectivity index (χ1) is 8.97. The molecule has 0 nitrogen and oxygen atoms in total. The number of halogens is 2. The molecule has 0 fully saturated rings.